The molecule has 5 heteroatoms. The summed E-state index contributed by atoms with van der Waals surface area (Å²) in [5, 5.41) is 9.19. The molecule has 1 amide bonds. The van der Waals surface area contributed by atoms with Gasteiger partial charge >= 0.3 is 0 Å². The van der Waals surface area contributed by atoms with Gasteiger partial charge in [-0.2, -0.15) is 5.26 Å². The summed E-state index contributed by atoms with van der Waals surface area (Å²) in [4.78, 5) is 13.3. The number of hydrogen-bond donors (Lipinski definition) is 0. The fourth-order valence-corrected chi connectivity index (χ4v) is 2.55. The zero-order chi connectivity index (χ0) is 17.4. The van der Waals surface area contributed by atoms with E-state index in [-0.39, 0.29) is 11.5 Å². The van der Waals surface area contributed by atoms with Crippen LogP contribution >= 0.6 is 15.9 Å². The number of halogens is 1. The van der Waals surface area contributed by atoms with Crippen molar-refractivity contribution >= 4 is 27.9 Å². The van der Waals surface area contributed by atoms with Gasteiger partial charge in [-0.25, -0.2) is 0 Å². The predicted molar refractivity (Wildman–Crippen MR) is 96.0 cm³/mol. The number of carbonyl (C=O) groups excluding carboxylic acids is 1. The summed E-state index contributed by atoms with van der Waals surface area (Å²) in [6, 6.07) is 5.63. The number of benzene rings is 1. The van der Waals surface area contributed by atoms with E-state index in [9.17, 15) is 10.1 Å². The van der Waals surface area contributed by atoms with E-state index >= 15 is 0 Å². The number of likely N-dealkylation sites (N-methyl/N-ethyl adjacent to an activating group) is 1. The standard InChI is InChI=1S/C18H19BrN2O2/c1-5-7-14-9-13(10-15(12-20)18(22)21(3)4)11-16(19)17(14)23-8-6-2/h5-6,9-11H,1-2,7-8H2,3-4H3/b15-10-. The van der Waals surface area contributed by atoms with Gasteiger partial charge in [-0.3, -0.25) is 4.79 Å². The molecule has 0 N–H and O–H groups in total. The Morgan fingerprint density at radius 2 is 2.09 bits per heavy atom. The summed E-state index contributed by atoms with van der Waals surface area (Å²) >= 11 is 3.47. The molecule has 0 unspecified atom stereocenters. The zero-order valence-corrected chi connectivity index (χ0v) is 14.9. The molecule has 23 heavy (non-hydrogen) atoms. The molecule has 0 bridgehead atoms. The van der Waals surface area contributed by atoms with Crippen molar-refractivity contribution in [2.45, 2.75) is 6.42 Å². The smallest absolute Gasteiger partial charge is 0.264 e. The summed E-state index contributed by atoms with van der Waals surface area (Å²) < 4.78 is 6.42. The molecular weight excluding hydrogens is 356 g/mol. The van der Waals surface area contributed by atoms with Crippen molar-refractivity contribution in [1.29, 1.82) is 5.26 Å². The van der Waals surface area contributed by atoms with Gasteiger partial charge in [0, 0.05) is 14.1 Å². The van der Waals surface area contributed by atoms with E-state index in [2.05, 4.69) is 29.1 Å². The van der Waals surface area contributed by atoms with Crippen molar-refractivity contribution in [2.75, 3.05) is 20.7 Å². The average molecular weight is 375 g/mol. The first-order valence-electron chi connectivity index (χ1n) is 6.95. The Kier molecular flexibility index (Phi) is 7.30. The molecule has 0 fully saturated rings. The van der Waals surface area contributed by atoms with Crippen LogP contribution in [0, 0.1) is 11.3 Å². The molecule has 1 aromatic rings. The van der Waals surface area contributed by atoms with Crippen LogP contribution in [0.15, 0.2) is 47.5 Å². The van der Waals surface area contributed by atoms with E-state index in [1.807, 2.05) is 18.2 Å². The lowest BCUT2D eigenvalue weighted by Gasteiger charge is -2.13. The summed E-state index contributed by atoms with van der Waals surface area (Å²) in [7, 11) is 3.22. The SMILES string of the molecule is C=CCOc1c(Br)cc(/C=C(/C#N)C(=O)N(C)C)cc1CC=C. The second-order valence-corrected chi connectivity index (χ2v) is 5.81. The number of nitriles is 1. The molecule has 0 aromatic heterocycles. The Bertz CT molecular complexity index is 685. The summed E-state index contributed by atoms with van der Waals surface area (Å²) in [5.74, 6) is 0.375. The van der Waals surface area contributed by atoms with Crippen LogP contribution < -0.4 is 4.74 Å². The van der Waals surface area contributed by atoms with Crippen molar-refractivity contribution in [3.63, 3.8) is 0 Å². The highest BCUT2D eigenvalue weighted by molar-refractivity contribution is 9.10. The van der Waals surface area contributed by atoms with E-state index in [0.717, 1.165) is 15.6 Å². The molecule has 120 valence electrons. The van der Waals surface area contributed by atoms with E-state index < -0.39 is 0 Å². The Morgan fingerprint density at radius 1 is 1.39 bits per heavy atom. The van der Waals surface area contributed by atoms with Crippen LogP contribution in [0.4, 0.5) is 0 Å². The number of carbonyl (C=O) groups is 1. The van der Waals surface area contributed by atoms with Crippen molar-refractivity contribution < 1.29 is 9.53 Å². The number of nitrogens with zero attached hydrogens (tertiary/aromatic N) is 2. The molecule has 0 atom stereocenters. The number of hydrogen-bond acceptors (Lipinski definition) is 3. The third-order valence-corrected chi connectivity index (χ3v) is 3.51. The predicted octanol–water partition coefficient (Wildman–Crippen LogP) is 3.74. The number of amides is 1. The first-order chi connectivity index (χ1) is 10.9. The molecule has 4 nitrogen and oxygen atoms in total. The average Bonchev–Trinajstić information content (AvgIpc) is 2.51. The first-order valence-corrected chi connectivity index (χ1v) is 7.74. The van der Waals surface area contributed by atoms with Crippen LogP contribution in [0.25, 0.3) is 6.08 Å². The highest BCUT2D eigenvalue weighted by Gasteiger charge is 2.13. The molecular formula is C18H19BrN2O2. The van der Waals surface area contributed by atoms with Crippen molar-refractivity contribution in [2.24, 2.45) is 0 Å². The van der Waals surface area contributed by atoms with Gasteiger partial charge in [-0.15, -0.1) is 6.58 Å². The van der Waals surface area contributed by atoms with Gasteiger partial charge in [-0.1, -0.05) is 18.7 Å². The maximum absolute atomic E-state index is 12.0. The number of allylic oxidation sites excluding steroid dienone is 1. The maximum Gasteiger partial charge on any atom is 0.264 e. The van der Waals surface area contributed by atoms with E-state index in [1.54, 1.807) is 32.3 Å². The van der Waals surface area contributed by atoms with Crippen LogP contribution in [-0.2, 0) is 11.2 Å². The lowest BCUT2D eigenvalue weighted by Crippen LogP contribution is -2.22. The highest BCUT2D eigenvalue weighted by atomic mass is 79.9. The van der Waals surface area contributed by atoms with E-state index in [1.165, 1.54) is 4.90 Å². The fraction of sp³-hybridized carbons (Fsp3) is 0.222. The summed E-state index contributed by atoms with van der Waals surface area (Å²) in [5.41, 5.74) is 1.73. The minimum absolute atomic E-state index is 0.0752. The molecule has 0 saturated carbocycles. The molecule has 1 aromatic carbocycles. The lowest BCUT2D eigenvalue weighted by molar-refractivity contribution is -0.124. The van der Waals surface area contributed by atoms with Gasteiger partial charge in [0.1, 0.15) is 24.0 Å². The van der Waals surface area contributed by atoms with Gasteiger partial charge in [0.2, 0.25) is 0 Å². The van der Waals surface area contributed by atoms with Crippen LogP contribution in [0.3, 0.4) is 0 Å². The lowest BCUT2D eigenvalue weighted by atomic mass is 10.0. The summed E-state index contributed by atoms with van der Waals surface area (Å²) in [6.07, 6.45) is 5.61. The number of rotatable bonds is 7. The molecule has 0 spiro atoms. The molecule has 1 rings (SSSR count). The molecule has 0 aliphatic heterocycles. The highest BCUT2D eigenvalue weighted by Crippen LogP contribution is 2.32. The number of ether oxygens (including phenoxy) is 1. The Hall–Kier alpha value is -2.32. The van der Waals surface area contributed by atoms with Gasteiger partial charge in [0.25, 0.3) is 5.91 Å². The van der Waals surface area contributed by atoms with Crippen molar-refractivity contribution in [3.8, 4) is 11.8 Å². The van der Waals surface area contributed by atoms with Crippen LogP contribution in [0.5, 0.6) is 5.75 Å². The quantitative estimate of drug-likeness (QED) is 0.415. The van der Waals surface area contributed by atoms with Gasteiger partial charge < -0.3 is 9.64 Å². The third kappa shape index (κ3) is 5.11. The molecule has 0 heterocycles. The Balaban J connectivity index is 3.33. The maximum atomic E-state index is 12.0. The largest absolute Gasteiger partial charge is 0.488 e. The first kappa shape index (κ1) is 18.7. The molecule has 0 radical (unpaired) electrons. The topological polar surface area (TPSA) is 53.3 Å². The van der Waals surface area contributed by atoms with Gasteiger partial charge in [0.15, 0.2) is 0 Å². The third-order valence-electron chi connectivity index (χ3n) is 2.92. The minimum Gasteiger partial charge on any atom is -0.488 e. The second-order valence-electron chi connectivity index (χ2n) is 4.95. The molecule has 0 saturated heterocycles. The minimum atomic E-state index is -0.333. The fourth-order valence-electron chi connectivity index (χ4n) is 1.92. The summed E-state index contributed by atoms with van der Waals surface area (Å²) in [6.45, 7) is 7.77. The molecule has 0 aliphatic rings. The zero-order valence-electron chi connectivity index (χ0n) is 13.3. The van der Waals surface area contributed by atoms with Crippen molar-refractivity contribution in [3.05, 3.63) is 58.6 Å². The van der Waals surface area contributed by atoms with Gasteiger partial charge in [-0.05, 0) is 51.7 Å². The van der Waals surface area contributed by atoms with E-state index in [4.69, 9.17) is 4.74 Å². The second kappa shape index (κ2) is 8.96. The Morgan fingerprint density at radius 3 is 2.61 bits per heavy atom. The van der Waals surface area contributed by atoms with Crippen LogP contribution in [0.2, 0.25) is 0 Å². The van der Waals surface area contributed by atoms with Crippen LogP contribution in [0.1, 0.15) is 11.1 Å². The van der Waals surface area contributed by atoms with Crippen molar-refractivity contribution in [1.82, 2.24) is 4.90 Å². The Labute approximate surface area is 145 Å². The van der Waals surface area contributed by atoms with Gasteiger partial charge in [0.05, 0.1) is 4.47 Å². The van der Waals surface area contributed by atoms with Crippen LogP contribution in [-0.4, -0.2) is 31.5 Å². The molecule has 0 aliphatic carbocycles. The monoisotopic (exact) mass is 374 g/mol. The normalized spacial score (nSPS) is 10.6. The van der Waals surface area contributed by atoms with E-state index in [0.29, 0.717) is 18.8 Å².